The Morgan fingerprint density at radius 2 is 2.18 bits per heavy atom. The fraction of sp³-hybridized carbons (Fsp3) is 0.643. The van der Waals surface area contributed by atoms with Gasteiger partial charge in [0.15, 0.2) is 0 Å². The van der Waals surface area contributed by atoms with Crippen molar-refractivity contribution in [2.24, 2.45) is 5.92 Å². The van der Waals surface area contributed by atoms with Crippen molar-refractivity contribution >= 4 is 27.3 Å². The van der Waals surface area contributed by atoms with Crippen molar-refractivity contribution in [2.45, 2.75) is 25.4 Å². The van der Waals surface area contributed by atoms with Gasteiger partial charge in [-0.2, -0.15) is 0 Å². The molecule has 1 aliphatic heterocycles. The lowest BCUT2D eigenvalue weighted by Gasteiger charge is -2.29. The average molecular weight is 346 g/mol. The number of nitrogens with one attached hydrogen (secondary N) is 1. The first-order chi connectivity index (χ1) is 10.4. The summed E-state index contributed by atoms with van der Waals surface area (Å²) in [4.78, 5) is 13.0. The van der Waals surface area contributed by atoms with Crippen molar-refractivity contribution in [1.29, 1.82) is 0 Å². The van der Waals surface area contributed by atoms with Gasteiger partial charge in [-0.15, -0.1) is 11.3 Å². The minimum Gasteiger partial charge on any atom is -0.388 e. The molecule has 8 heteroatoms. The van der Waals surface area contributed by atoms with Crippen LogP contribution < -0.4 is 5.32 Å². The lowest BCUT2D eigenvalue weighted by atomic mass is 9.97. The number of aliphatic hydroxyl groups excluding tert-OH is 1. The molecule has 1 amide bonds. The second kappa shape index (κ2) is 7.54. The van der Waals surface area contributed by atoms with Gasteiger partial charge < -0.3 is 10.4 Å². The molecule has 1 aromatic rings. The second-order valence-corrected chi connectivity index (χ2v) is 8.51. The summed E-state index contributed by atoms with van der Waals surface area (Å²) in [6, 6.07) is 3.76. The Bertz CT molecular complexity index is 578. The van der Waals surface area contributed by atoms with E-state index in [-0.39, 0.29) is 11.8 Å². The van der Waals surface area contributed by atoms with Gasteiger partial charge in [-0.05, 0) is 30.7 Å². The first kappa shape index (κ1) is 17.4. The Balaban J connectivity index is 1.70. The molecule has 1 aliphatic rings. The maximum Gasteiger partial charge on any atom is 0.223 e. The summed E-state index contributed by atoms with van der Waals surface area (Å²) >= 11 is 1.50. The number of piperidine rings is 1. The highest BCUT2D eigenvalue weighted by Gasteiger charge is 2.28. The summed E-state index contributed by atoms with van der Waals surface area (Å²) < 4.78 is 24.3. The van der Waals surface area contributed by atoms with Crippen molar-refractivity contribution in [3.63, 3.8) is 0 Å². The molecule has 22 heavy (non-hydrogen) atoms. The van der Waals surface area contributed by atoms with Gasteiger partial charge in [0.25, 0.3) is 0 Å². The van der Waals surface area contributed by atoms with E-state index in [0.29, 0.717) is 38.9 Å². The first-order valence-corrected chi connectivity index (χ1v) is 10.0. The average Bonchev–Trinajstić information content (AvgIpc) is 3.00. The molecule has 6 nitrogen and oxygen atoms in total. The van der Waals surface area contributed by atoms with Gasteiger partial charge in [-0.25, -0.2) is 12.7 Å². The van der Waals surface area contributed by atoms with Crippen molar-refractivity contribution in [1.82, 2.24) is 9.62 Å². The van der Waals surface area contributed by atoms with Crippen molar-refractivity contribution in [3.8, 4) is 0 Å². The van der Waals surface area contributed by atoms with Gasteiger partial charge in [0, 0.05) is 30.4 Å². The Morgan fingerprint density at radius 1 is 1.50 bits per heavy atom. The van der Waals surface area contributed by atoms with E-state index in [1.165, 1.54) is 21.9 Å². The molecule has 0 saturated carbocycles. The molecule has 1 fully saturated rings. The molecule has 1 aromatic heterocycles. The molecule has 0 aliphatic carbocycles. The topological polar surface area (TPSA) is 86.7 Å². The standard InChI is InChI=1S/C14H22N2O4S2/c1-22(19,20)16-8-5-11(6-9-16)14(18)15-7-4-12(17)13-3-2-10-21-13/h2-3,10-12,17H,4-9H2,1H3,(H,15,18). The Labute approximate surface area is 135 Å². The summed E-state index contributed by atoms with van der Waals surface area (Å²) in [6.45, 7) is 1.22. The number of carbonyl (C=O) groups excluding carboxylic acids is 1. The molecule has 1 saturated heterocycles. The van der Waals surface area contributed by atoms with Gasteiger partial charge in [0.2, 0.25) is 15.9 Å². The third-order valence-corrected chi connectivity index (χ3v) is 6.16. The molecule has 1 atom stereocenters. The monoisotopic (exact) mass is 346 g/mol. The summed E-state index contributed by atoms with van der Waals surface area (Å²) in [5.41, 5.74) is 0. The normalized spacial score (nSPS) is 19.0. The maximum atomic E-state index is 12.1. The molecule has 124 valence electrons. The Hall–Kier alpha value is -0.960. The molecule has 2 rings (SSSR count). The van der Waals surface area contributed by atoms with Crippen molar-refractivity contribution in [3.05, 3.63) is 22.4 Å². The third-order valence-electron chi connectivity index (χ3n) is 3.88. The van der Waals surface area contributed by atoms with Gasteiger partial charge in [-0.1, -0.05) is 6.07 Å². The Kier molecular flexibility index (Phi) is 5.96. The van der Waals surface area contributed by atoms with Crippen LogP contribution in [0.25, 0.3) is 0 Å². The number of hydrogen-bond donors (Lipinski definition) is 2. The number of aliphatic hydroxyl groups is 1. The minimum absolute atomic E-state index is 0.0495. The Morgan fingerprint density at radius 3 is 2.73 bits per heavy atom. The van der Waals surface area contributed by atoms with Gasteiger partial charge in [0.1, 0.15) is 0 Å². The van der Waals surface area contributed by atoms with Crippen LogP contribution >= 0.6 is 11.3 Å². The maximum absolute atomic E-state index is 12.1. The van der Waals surface area contributed by atoms with E-state index in [1.54, 1.807) is 0 Å². The zero-order valence-electron chi connectivity index (χ0n) is 12.6. The summed E-state index contributed by atoms with van der Waals surface area (Å²) in [5, 5.41) is 14.7. The molecule has 2 heterocycles. The third kappa shape index (κ3) is 4.77. The van der Waals surface area contributed by atoms with Crippen LogP contribution in [0.2, 0.25) is 0 Å². The summed E-state index contributed by atoms with van der Waals surface area (Å²) in [6.07, 6.45) is 2.22. The van der Waals surface area contributed by atoms with Crippen LogP contribution in [0, 0.1) is 5.92 Å². The van der Waals surface area contributed by atoms with E-state index in [0.717, 1.165) is 4.88 Å². The largest absolute Gasteiger partial charge is 0.388 e. The predicted molar refractivity (Wildman–Crippen MR) is 86.0 cm³/mol. The molecule has 0 spiro atoms. The van der Waals surface area contributed by atoms with Crippen LogP contribution in [0.15, 0.2) is 17.5 Å². The minimum atomic E-state index is -3.16. The highest BCUT2D eigenvalue weighted by atomic mass is 32.2. The van der Waals surface area contributed by atoms with Crippen LogP contribution in [0.4, 0.5) is 0 Å². The van der Waals surface area contributed by atoms with Gasteiger partial charge in [0.05, 0.1) is 12.4 Å². The SMILES string of the molecule is CS(=O)(=O)N1CCC(C(=O)NCCC(O)c2cccs2)CC1. The van der Waals surface area contributed by atoms with Crippen LogP contribution in [-0.2, 0) is 14.8 Å². The van der Waals surface area contributed by atoms with Crippen molar-refractivity contribution < 1.29 is 18.3 Å². The summed E-state index contributed by atoms with van der Waals surface area (Å²) in [5.74, 6) is -0.191. The van der Waals surface area contributed by atoms with Crippen LogP contribution in [0.1, 0.15) is 30.2 Å². The number of thiophene rings is 1. The van der Waals surface area contributed by atoms with E-state index >= 15 is 0 Å². The fourth-order valence-corrected chi connectivity index (χ4v) is 4.17. The number of rotatable bonds is 6. The van der Waals surface area contributed by atoms with E-state index < -0.39 is 16.1 Å². The number of sulfonamides is 1. The molecular formula is C14H22N2O4S2. The zero-order chi connectivity index (χ0) is 16.2. The highest BCUT2D eigenvalue weighted by Crippen LogP contribution is 2.22. The lowest BCUT2D eigenvalue weighted by molar-refractivity contribution is -0.126. The number of nitrogens with zero attached hydrogens (tertiary/aromatic N) is 1. The zero-order valence-corrected chi connectivity index (χ0v) is 14.2. The van der Waals surface area contributed by atoms with Crippen LogP contribution in [0.3, 0.4) is 0 Å². The molecule has 1 unspecified atom stereocenters. The van der Waals surface area contributed by atoms with Gasteiger partial charge >= 0.3 is 0 Å². The number of hydrogen-bond acceptors (Lipinski definition) is 5. The molecule has 0 aromatic carbocycles. The van der Waals surface area contributed by atoms with Crippen LogP contribution in [-0.4, -0.2) is 49.6 Å². The molecule has 0 radical (unpaired) electrons. The number of amides is 1. The van der Waals surface area contributed by atoms with E-state index in [2.05, 4.69) is 5.32 Å². The second-order valence-electron chi connectivity index (χ2n) is 5.55. The van der Waals surface area contributed by atoms with Crippen LogP contribution in [0.5, 0.6) is 0 Å². The number of carbonyl (C=O) groups is 1. The smallest absolute Gasteiger partial charge is 0.223 e. The lowest BCUT2D eigenvalue weighted by Crippen LogP contribution is -2.42. The molecule has 2 N–H and O–H groups in total. The highest BCUT2D eigenvalue weighted by molar-refractivity contribution is 7.88. The van der Waals surface area contributed by atoms with E-state index in [1.807, 2.05) is 17.5 Å². The first-order valence-electron chi connectivity index (χ1n) is 7.32. The van der Waals surface area contributed by atoms with Crippen molar-refractivity contribution in [2.75, 3.05) is 25.9 Å². The van der Waals surface area contributed by atoms with E-state index in [9.17, 15) is 18.3 Å². The summed E-state index contributed by atoms with van der Waals surface area (Å²) in [7, 11) is -3.16. The molecule has 0 bridgehead atoms. The van der Waals surface area contributed by atoms with Gasteiger partial charge in [-0.3, -0.25) is 4.79 Å². The van der Waals surface area contributed by atoms with E-state index in [4.69, 9.17) is 0 Å². The molecular weight excluding hydrogens is 324 g/mol. The fourth-order valence-electron chi connectivity index (χ4n) is 2.55. The predicted octanol–water partition coefficient (Wildman–Crippen LogP) is 0.959. The quantitative estimate of drug-likeness (QED) is 0.803.